The number of nitrogens with one attached hydrogen (secondary N) is 1. The average molecular weight is 371 g/mol. The summed E-state index contributed by atoms with van der Waals surface area (Å²) < 4.78 is 6.46. The number of nitrogens with zero attached hydrogens (tertiary/aromatic N) is 3. The fourth-order valence-electron chi connectivity index (χ4n) is 5.91. The number of nitrogen functional groups attached to an aromatic ring is 1. The molecule has 4 atom stereocenters. The van der Waals surface area contributed by atoms with Gasteiger partial charge in [0.1, 0.15) is 5.82 Å². The molecule has 1 aromatic heterocycles. The average Bonchev–Trinajstić information content (AvgIpc) is 3.41. The Morgan fingerprint density at radius 1 is 1.37 bits per heavy atom. The first-order valence-corrected chi connectivity index (χ1v) is 10.4. The number of hydrogen-bond acceptors (Lipinski definition) is 6. The maximum Gasteiger partial charge on any atom is 0.227 e. The molecule has 27 heavy (non-hydrogen) atoms. The molecule has 3 N–H and O–H groups in total. The molecule has 1 amide bonds. The summed E-state index contributed by atoms with van der Waals surface area (Å²) in [5.41, 5.74) is 5.74. The molecule has 0 unspecified atom stereocenters. The Bertz CT molecular complexity index is 722. The van der Waals surface area contributed by atoms with Crippen molar-refractivity contribution in [3.8, 4) is 0 Å². The standard InChI is InChI=1S/C20H29N5O2/c21-17-6-8-22-19(24-17)25-11-15-14(16-5-7-20(15,12-25)27-16)10-23-18(26)9-13-3-1-2-4-13/h6,8,13-16H,1-5,7,9-12H2,(H,23,26)(H2,21,22,24)/t14-,15+,16+,20+/m0/s1. The molecule has 0 radical (unpaired) electrons. The lowest BCUT2D eigenvalue weighted by molar-refractivity contribution is -0.122. The Labute approximate surface area is 160 Å². The number of carbonyl (C=O) groups is 1. The minimum Gasteiger partial charge on any atom is -0.384 e. The minimum absolute atomic E-state index is 0.0977. The van der Waals surface area contributed by atoms with Crippen molar-refractivity contribution in [3.63, 3.8) is 0 Å². The molecule has 1 saturated carbocycles. The summed E-state index contributed by atoms with van der Waals surface area (Å²) in [4.78, 5) is 23.4. The van der Waals surface area contributed by atoms with Gasteiger partial charge in [-0.2, -0.15) is 4.98 Å². The van der Waals surface area contributed by atoms with Crippen LogP contribution in [0, 0.1) is 17.8 Å². The molecule has 0 aromatic carbocycles. The van der Waals surface area contributed by atoms with Gasteiger partial charge < -0.3 is 20.7 Å². The van der Waals surface area contributed by atoms with E-state index in [4.69, 9.17) is 10.5 Å². The maximum atomic E-state index is 12.4. The van der Waals surface area contributed by atoms with Crippen LogP contribution in [0.15, 0.2) is 12.3 Å². The zero-order valence-corrected chi connectivity index (χ0v) is 15.8. The fourth-order valence-corrected chi connectivity index (χ4v) is 5.91. The summed E-state index contributed by atoms with van der Waals surface area (Å²) in [6.07, 6.45) is 9.85. The highest BCUT2D eigenvalue weighted by Gasteiger charge is 2.63. The zero-order valence-electron chi connectivity index (χ0n) is 15.8. The number of nitrogens with two attached hydrogens (primary N) is 1. The van der Waals surface area contributed by atoms with Crippen molar-refractivity contribution in [2.45, 2.75) is 56.7 Å². The third-order valence-corrected chi connectivity index (χ3v) is 7.21. The van der Waals surface area contributed by atoms with Gasteiger partial charge >= 0.3 is 0 Å². The molecule has 1 aliphatic carbocycles. The second-order valence-corrected chi connectivity index (χ2v) is 8.85. The molecular formula is C20H29N5O2. The lowest BCUT2D eigenvalue weighted by Crippen LogP contribution is -2.42. The summed E-state index contributed by atoms with van der Waals surface area (Å²) in [6.45, 7) is 2.43. The lowest BCUT2D eigenvalue weighted by Gasteiger charge is -2.29. The first-order chi connectivity index (χ1) is 13.1. The Balaban J connectivity index is 1.23. The van der Waals surface area contributed by atoms with Crippen molar-refractivity contribution in [1.29, 1.82) is 0 Å². The number of anilines is 2. The van der Waals surface area contributed by atoms with Crippen LogP contribution in [0.5, 0.6) is 0 Å². The first-order valence-electron chi connectivity index (χ1n) is 10.4. The number of rotatable bonds is 5. The van der Waals surface area contributed by atoms with E-state index in [1.54, 1.807) is 12.3 Å². The molecule has 2 bridgehead atoms. The van der Waals surface area contributed by atoms with Crippen molar-refractivity contribution >= 4 is 17.7 Å². The highest BCUT2D eigenvalue weighted by Crippen LogP contribution is 2.55. The van der Waals surface area contributed by atoms with Crippen molar-refractivity contribution < 1.29 is 9.53 Å². The quantitative estimate of drug-likeness (QED) is 0.819. The SMILES string of the molecule is Nc1ccnc(N2C[C@@H]3[C@H](CNC(=O)CC4CCCC4)[C@H]4CC[C@]3(C2)O4)n1. The highest BCUT2D eigenvalue weighted by molar-refractivity contribution is 5.76. The van der Waals surface area contributed by atoms with Gasteiger partial charge in [-0.3, -0.25) is 4.79 Å². The van der Waals surface area contributed by atoms with Gasteiger partial charge in [-0.05, 0) is 37.7 Å². The third-order valence-electron chi connectivity index (χ3n) is 7.21. The van der Waals surface area contributed by atoms with Gasteiger partial charge in [-0.15, -0.1) is 0 Å². The molecular weight excluding hydrogens is 342 g/mol. The van der Waals surface area contributed by atoms with Crippen LogP contribution in [0.25, 0.3) is 0 Å². The van der Waals surface area contributed by atoms with Gasteiger partial charge in [-0.1, -0.05) is 12.8 Å². The number of amides is 1. The van der Waals surface area contributed by atoms with Crippen LogP contribution < -0.4 is 16.0 Å². The molecule has 1 aromatic rings. The van der Waals surface area contributed by atoms with Crippen LogP contribution in [0.2, 0.25) is 0 Å². The van der Waals surface area contributed by atoms with E-state index in [1.807, 2.05) is 0 Å². The van der Waals surface area contributed by atoms with Crippen LogP contribution in [-0.4, -0.2) is 47.2 Å². The van der Waals surface area contributed by atoms with Gasteiger partial charge in [0, 0.05) is 37.5 Å². The lowest BCUT2D eigenvalue weighted by atomic mass is 9.73. The number of carbonyl (C=O) groups excluding carboxylic acids is 1. The molecule has 3 aliphatic heterocycles. The van der Waals surface area contributed by atoms with E-state index in [9.17, 15) is 4.79 Å². The van der Waals surface area contributed by atoms with Crippen molar-refractivity contribution in [2.24, 2.45) is 17.8 Å². The van der Waals surface area contributed by atoms with Crippen LogP contribution in [0.1, 0.15) is 44.9 Å². The molecule has 4 fully saturated rings. The Morgan fingerprint density at radius 3 is 3.04 bits per heavy atom. The molecule has 4 aliphatic rings. The third kappa shape index (κ3) is 3.06. The Hall–Kier alpha value is -1.89. The summed E-state index contributed by atoms with van der Waals surface area (Å²) in [6, 6.07) is 1.71. The monoisotopic (exact) mass is 371 g/mol. The van der Waals surface area contributed by atoms with E-state index >= 15 is 0 Å². The summed E-state index contributed by atoms with van der Waals surface area (Å²) in [7, 11) is 0. The zero-order chi connectivity index (χ0) is 18.4. The molecule has 1 spiro atoms. The van der Waals surface area contributed by atoms with E-state index in [1.165, 1.54) is 25.7 Å². The normalized spacial score (nSPS) is 35.0. The maximum absolute atomic E-state index is 12.4. The largest absolute Gasteiger partial charge is 0.384 e. The van der Waals surface area contributed by atoms with Crippen molar-refractivity contribution in [2.75, 3.05) is 30.3 Å². The molecule has 4 heterocycles. The fraction of sp³-hybridized carbons (Fsp3) is 0.750. The van der Waals surface area contributed by atoms with Crippen LogP contribution in [0.3, 0.4) is 0 Å². The van der Waals surface area contributed by atoms with E-state index in [0.29, 0.717) is 35.9 Å². The molecule has 146 valence electrons. The molecule has 7 nitrogen and oxygen atoms in total. The number of hydrogen-bond donors (Lipinski definition) is 2. The molecule has 7 heteroatoms. The Kier molecular flexibility index (Phi) is 4.22. The van der Waals surface area contributed by atoms with Crippen LogP contribution in [0.4, 0.5) is 11.8 Å². The Morgan fingerprint density at radius 2 is 2.22 bits per heavy atom. The van der Waals surface area contributed by atoms with Crippen LogP contribution in [-0.2, 0) is 9.53 Å². The van der Waals surface area contributed by atoms with E-state index in [-0.39, 0.29) is 17.6 Å². The minimum atomic E-state index is -0.0977. The topological polar surface area (TPSA) is 93.4 Å². The number of ether oxygens (including phenoxy) is 1. The molecule has 3 saturated heterocycles. The summed E-state index contributed by atoms with van der Waals surface area (Å²) in [5.74, 6) is 2.80. The predicted molar refractivity (Wildman–Crippen MR) is 102 cm³/mol. The second-order valence-electron chi connectivity index (χ2n) is 8.85. The number of aromatic nitrogens is 2. The highest BCUT2D eigenvalue weighted by atomic mass is 16.5. The van der Waals surface area contributed by atoms with Crippen molar-refractivity contribution in [3.05, 3.63) is 12.3 Å². The van der Waals surface area contributed by atoms with Crippen molar-refractivity contribution in [1.82, 2.24) is 15.3 Å². The first kappa shape index (κ1) is 17.2. The summed E-state index contributed by atoms with van der Waals surface area (Å²) in [5, 5.41) is 3.22. The predicted octanol–water partition coefficient (Wildman–Crippen LogP) is 1.74. The summed E-state index contributed by atoms with van der Waals surface area (Å²) >= 11 is 0. The van der Waals surface area contributed by atoms with Gasteiger partial charge in [0.25, 0.3) is 0 Å². The van der Waals surface area contributed by atoms with Gasteiger partial charge in [0.05, 0.1) is 18.2 Å². The van der Waals surface area contributed by atoms with Gasteiger partial charge in [0.15, 0.2) is 0 Å². The molecule has 5 rings (SSSR count). The van der Waals surface area contributed by atoms with E-state index < -0.39 is 0 Å². The second kappa shape index (κ2) is 6.62. The van der Waals surface area contributed by atoms with E-state index in [2.05, 4.69) is 20.2 Å². The van der Waals surface area contributed by atoms with Gasteiger partial charge in [0.2, 0.25) is 11.9 Å². The smallest absolute Gasteiger partial charge is 0.227 e. The van der Waals surface area contributed by atoms with Crippen LogP contribution >= 0.6 is 0 Å². The number of fused-ring (bicyclic) bond motifs is 1. The van der Waals surface area contributed by atoms with E-state index in [0.717, 1.165) is 32.5 Å². The van der Waals surface area contributed by atoms with Gasteiger partial charge in [-0.25, -0.2) is 4.98 Å².